The third kappa shape index (κ3) is 7.68. The van der Waals surface area contributed by atoms with Crippen LogP contribution in [0.1, 0.15) is 65.7 Å². The molecule has 0 bridgehead atoms. The number of pyridine rings is 2. The molecule has 3 aromatic heterocycles. The summed E-state index contributed by atoms with van der Waals surface area (Å²) in [7, 11) is 0. The average molecular weight is 563 g/mol. The summed E-state index contributed by atoms with van der Waals surface area (Å²) in [5.74, 6) is 2.00. The molecule has 218 valence electrons. The second-order valence-electron chi connectivity index (χ2n) is 10.9. The van der Waals surface area contributed by atoms with Crippen molar-refractivity contribution in [1.82, 2.24) is 24.8 Å². The summed E-state index contributed by atoms with van der Waals surface area (Å²) in [6, 6.07) is 7.60. The van der Waals surface area contributed by atoms with Gasteiger partial charge in [-0.25, -0.2) is 15.0 Å². The normalized spacial score (nSPS) is 16.7. The van der Waals surface area contributed by atoms with Crippen molar-refractivity contribution in [1.29, 1.82) is 0 Å². The fourth-order valence-electron chi connectivity index (χ4n) is 5.36. The van der Waals surface area contributed by atoms with Crippen LogP contribution in [0.5, 0.6) is 5.88 Å². The molecule has 1 saturated heterocycles. The molecule has 0 radical (unpaired) electrons. The smallest absolute Gasteiger partial charge is 0.219 e. The Kier molecular flexibility index (Phi) is 9.25. The molecule has 0 unspecified atom stereocenters. The molecule has 2 aliphatic heterocycles. The first-order valence-electron chi connectivity index (χ1n) is 14.3. The van der Waals surface area contributed by atoms with E-state index in [2.05, 4.69) is 25.2 Å². The highest BCUT2D eigenvalue weighted by atomic mass is 16.5. The number of ether oxygens (including phenoxy) is 1. The van der Waals surface area contributed by atoms with Gasteiger partial charge in [-0.3, -0.25) is 14.5 Å². The van der Waals surface area contributed by atoms with Crippen LogP contribution in [-0.4, -0.2) is 79.9 Å². The number of likely N-dealkylation sites (tertiary alicyclic amines) is 1. The van der Waals surface area contributed by atoms with Crippen molar-refractivity contribution in [3.05, 3.63) is 65.1 Å². The van der Waals surface area contributed by atoms with Gasteiger partial charge in [-0.15, -0.1) is 0 Å². The lowest BCUT2D eigenvalue weighted by molar-refractivity contribution is -0.129. The maximum Gasteiger partial charge on any atom is 0.219 e. The summed E-state index contributed by atoms with van der Waals surface area (Å²) in [5, 5.41) is 14.1. The number of aliphatic hydroxyl groups excluding tert-OH is 1. The number of amides is 1. The Morgan fingerprint density at radius 1 is 1.20 bits per heavy atom. The number of nitrogens with zero attached hydrogens (tertiary/aromatic N) is 5. The van der Waals surface area contributed by atoms with E-state index in [0.29, 0.717) is 42.5 Å². The Bertz CT molecular complexity index is 1350. The van der Waals surface area contributed by atoms with Crippen molar-refractivity contribution in [3.8, 4) is 5.88 Å². The van der Waals surface area contributed by atoms with Crippen LogP contribution in [0.3, 0.4) is 0 Å². The van der Waals surface area contributed by atoms with E-state index in [4.69, 9.17) is 9.15 Å². The van der Waals surface area contributed by atoms with E-state index in [1.165, 1.54) is 6.39 Å². The van der Waals surface area contributed by atoms with Crippen molar-refractivity contribution in [3.63, 3.8) is 0 Å². The number of Topliss-reactive ketones (excluding diaryl/α,β-unsaturated/α-hetero) is 1. The number of carbonyl (C=O) groups is 2. The molecule has 0 spiro atoms. The number of aryl methyl sites for hydroxylation is 1. The van der Waals surface area contributed by atoms with E-state index in [1.807, 2.05) is 24.0 Å². The molecule has 11 nitrogen and oxygen atoms in total. The Hall–Kier alpha value is -3.83. The number of hydrogen-bond donors (Lipinski definition) is 2. The van der Waals surface area contributed by atoms with Gasteiger partial charge >= 0.3 is 0 Å². The zero-order valence-corrected chi connectivity index (χ0v) is 23.7. The molecule has 1 atom stereocenters. The minimum absolute atomic E-state index is 0.0119. The largest absolute Gasteiger partial charge is 0.469 e. The predicted octanol–water partition coefficient (Wildman–Crippen LogP) is 3.16. The summed E-state index contributed by atoms with van der Waals surface area (Å²) in [4.78, 5) is 41.6. The second-order valence-corrected chi connectivity index (χ2v) is 10.9. The number of ketones is 1. The van der Waals surface area contributed by atoms with Gasteiger partial charge in [0, 0.05) is 76.4 Å². The molecule has 0 aromatic carbocycles. The number of anilines is 1. The van der Waals surface area contributed by atoms with Crippen LogP contribution < -0.4 is 10.1 Å². The number of rotatable bonds is 11. The topological polar surface area (TPSA) is 134 Å². The Morgan fingerprint density at radius 3 is 2.78 bits per heavy atom. The fraction of sp³-hybridized carbons (Fsp3) is 0.500. The van der Waals surface area contributed by atoms with Gasteiger partial charge in [-0.2, -0.15) is 0 Å². The van der Waals surface area contributed by atoms with Gasteiger partial charge in [-0.05, 0) is 43.9 Å². The third-order valence-corrected chi connectivity index (χ3v) is 7.85. The van der Waals surface area contributed by atoms with E-state index in [-0.39, 0.29) is 30.8 Å². The number of nitrogens with one attached hydrogen (secondary N) is 1. The van der Waals surface area contributed by atoms with Crippen LogP contribution in [0.25, 0.3) is 0 Å². The number of fused-ring (bicyclic) bond motifs is 1. The molecular formula is C30H38N6O5. The average Bonchev–Trinajstić information content (AvgIpc) is 3.39. The minimum Gasteiger partial charge on any atom is -0.469 e. The first-order valence-corrected chi connectivity index (χ1v) is 14.3. The molecule has 5 rings (SSSR count). The lowest BCUT2D eigenvalue weighted by Gasteiger charge is -2.32. The van der Waals surface area contributed by atoms with Crippen molar-refractivity contribution in [2.24, 2.45) is 0 Å². The summed E-state index contributed by atoms with van der Waals surface area (Å²) < 4.78 is 11.1. The Morgan fingerprint density at radius 2 is 2.02 bits per heavy atom. The van der Waals surface area contributed by atoms with E-state index in [1.54, 1.807) is 25.3 Å². The minimum atomic E-state index is -0.605. The quantitative estimate of drug-likeness (QED) is 0.336. The number of β-amino-alcohol motifs (C(OH)–C–C–N with tert-alkyl or cyclic N) is 1. The van der Waals surface area contributed by atoms with E-state index in [0.717, 1.165) is 55.8 Å². The van der Waals surface area contributed by atoms with Crippen molar-refractivity contribution < 1.29 is 23.8 Å². The Balaban J connectivity index is 1.05. The summed E-state index contributed by atoms with van der Waals surface area (Å²) in [6.07, 6.45) is 5.56. The lowest BCUT2D eigenvalue weighted by atomic mass is 10.0. The molecule has 2 N–H and O–H groups in total. The molecule has 5 heterocycles. The van der Waals surface area contributed by atoms with E-state index >= 15 is 0 Å². The molecule has 1 amide bonds. The number of aromatic nitrogens is 3. The maximum absolute atomic E-state index is 12.9. The zero-order chi connectivity index (χ0) is 28.8. The molecule has 11 heteroatoms. The van der Waals surface area contributed by atoms with E-state index < -0.39 is 6.10 Å². The summed E-state index contributed by atoms with van der Waals surface area (Å²) in [5.41, 5.74) is 3.52. The van der Waals surface area contributed by atoms with Gasteiger partial charge in [0.1, 0.15) is 12.4 Å². The van der Waals surface area contributed by atoms with Gasteiger partial charge in [0.2, 0.25) is 11.8 Å². The first-order chi connectivity index (χ1) is 19.8. The van der Waals surface area contributed by atoms with Gasteiger partial charge in [0.05, 0.1) is 17.5 Å². The van der Waals surface area contributed by atoms with Crippen LogP contribution in [0.15, 0.2) is 41.3 Å². The van der Waals surface area contributed by atoms with Crippen molar-refractivity contribution in [2.45, 2.75) is 71.2 Å². The predicted molar refractivity (Wildman–Crippen MR) is 151 cm³/mol. The SMILES string of the molecule is CC(=O)N1CCC(Nc2cc(C(=O)CC[C@H](O)CN3CCc4nc(OCc5ocnc5C)ccc4C3)ccn2)CC1. The molecule has 1 fully saturated rings. The van der Waals surface area contributed by atoms with Crippen LogP contribution in [0.2, 0.25) is 0 Å². The fourth-order valence-corrected chi connectivity index (χ4v) is 5.36. The number of piperidine rings is 1. The van der Waals surface area contributed by atoms with E-state index in [9.17, 15) is 14.7 Å². The Labute approximate surface area is 239 Å². The van der Waals surface area contributed by atoms with Gasteiger partial charge in [-0.1, -0.05) is 6.07 Å². The maximum atomic E-state index is 12.9. The lowest BCUT2D eigenvalue weighted by Crippen LogP contribution is -2.41. The summed E-state index contributed by atoms with van der Waals surface area (Å²) >= 11 is 0. The van der Waals surface area contributed by atoms with Crippen molar-refractivity contribution in [2.75, 3.05) is 31.5 Å². The van der Waals surface area contributed by atoms with Crippen molar-refractivity contribution >= 4 is 17.5 Å². The molecule has 0 saturated carbocycles. The molecule has 41 heavy (non-hydrogen) atoms. The van der Waals surface area contributed by atoms with Crippen LogP contribution in [0, 0.1) is 6.92 Å². The highest BCUT2D eigenvalue weighted by Crippen LogP contribution is 2.22. The van der Waals surface area contributed by atoms with Crippen LogP contribution in [-0.2, 0) is 24.4 Å². The number of oxazole rings is 1. The second kappa shape index (κ2) is 13.2. The highest BCUT2D eigenvalue weighted by molar-refractivity contribution is 5.96. The van der Waals surface area contributed by atoms with Crippen LogP contribution in [0.4, 0.5) is 5.82 Å². The third-order valence-electron chi connectivity index (χ3n) is 7.85. The number of carbonyl (C=O) groups excluding carboxylic acids is 2. The number of hydrogen-bond acceptors (Lipinski definition) is 10. The molecular weight excluding hydrogens is 524 g/mol. The first kappa shape index (κ1) is 28.7. The van der Waals surface area contributed by atoms with Gasteiger partial charge in [0.25, 0.3) is 0 Å². The molecule has 3 aromatic rings. The zero-order valence-electron chi connectivity index (χ0n) is 23.7. The monoisotopic (exact) mass is 562 g/mol. The summed E-state index contributed by atoms with van der Waals surface area (Å²) in [6.45, 7) is 7.18. The molecule has 0 aliphatic carbocycles. The van der Waals surface area contributed by atoms with Gasteiger partial charge in [0.15, 0.2) is 17.9 Å². The highest BCUT2D eigenvalue weighted by Gasteiger charge is 2.23. The standard InChI is InChI=1S/C30H38N6O5/c1-20-28(41-19-32-20)18-40-30-6-3-23-16-35(12-10-26(23)34-30)17-25(38)4-5-27(39)22-7-11-31-29(15-22)33-24-8-13-36(14-9-24)21(2)37/h3,6-7,11,15,19,24-25,38H,4-5,8-10,12-14,16-18H2,1-2H3,(H,31,33)/t25-/m0/s1. The van der Waals surface area contributed by atoms with Crippen LogP contribution >= 0.6 is 0 Å². The molecule has 2 aliphatic rings. The number of aliphatic hydroxyl groups is 1. The van der Waals surface area contributed by atoms with Gasteiger partial charge < -0.3 is 24.5 Å².